The minimum Gasteiger partial charge on any atom is -0.497 e. The van der Waals surface area contributed by atoms with Gasteiger partial charge in [-0.25, -0.2) is 0 Å². The first-order valence-electron chi connectivity index (χ1n) is 6.21. The topological polar surface area (TPSA) is 29.5 Å². The fourth-order valence-corrected chi connectivity index (χ4v) is 4.84. The molecular formula is C15H16NO2P. The highest BCUT2D eigenvalue weighted by Crippen LogP contribution is 2.53. The predicted octanol–water partition coefficient (Wildman–Crippen LogP) is 3.25. The van der Waals surface area contributed by atoms with Gasteiger partial charge in [0.05, 0.1) is 13.7 Å². The Balaban J connectivity index is 2.02. The summed E-state index contributed by atoms with van der Waals surface area (Å²) in [5.41, 5.74) is 2.13. The van der Waals surface area contributed by atoms with Gasteiger partial charge in [-0.3, -0.25) is 4.57 Å². The second kappa shape index (κ2) is 4.43. The van der Waals surface area contributed by atoms with Crippen molar-refractivity contribution in [1.82, 2.24) is 0 Å². The van der Waals surface area contributed by atoms with Crippen LogP contribution in [-0.4, -0.2) is 13.8 Å². The van der Waals surface area contributed by atoms with Crippen LogP contribution in [0.15, 0.2) is 48.5 Å². The van der Waals surface area contributed by atoms with Crippen molar-refractivity contribution in [3.8, 4) is 5.75 Å². The summed E-state index contributed by atoms with van der Waals surface area (Å²) in [5, 5.41) is 0.978. The van der Waals surface area contributed by atoms with Crippen LogP contribution < -0.4 is 14.7 Å². The molecule has 0 saturated carbocycles. The number of benzene rings is 2. The maximum absolute atomic E-state index is 13.0. The van der Waals surface area contributed by atoms with Gasteiger partial charge in [-0.1, -0.05) is 18.2 Å². The normalized spacial score (nSPS) is 21.3. The lowest BCUT2D eigenvalue weighted by Crippen LogP contribution is -2.14. The first-order chi connectivity index (χ1) is 9.13. The molecule has 0 amide bonds. The third-order valence-electron chi connectivity index (χ3n) is 3.59. The molecule has 0 aliphatic carbocycles. The molecule has 2 aromatic rings. The average molecular weight is 273 g/mol. The fourth-order valence-electron chi connectivity index (χ4n) is 2.54. The number of nitrogens with zero attached hydrogens (tertiary/aromatic N) is 1. The second-order valence-corrected chi connectivity index (χ2v) is 7.49. The zero-order valence-corrected chi connectivity index (χ0v) is 11.9. The molecule has 3 rings (SSSR count). The average Bonchev–Trinajstić information content (AvgIpc) is 2.71. The number of fused-ring (bicyclic) bond motifs is 1. The summed E-state index contributed by atoms with van der Waals surface area (Å²) >= 11 is 0. The van der Waals surface area contributed by atoms with Crippen molar-refractivity contribution in [3.05, 3.63) is 54.1 Å². The minimum atomic E-state index is -2.50. The molecular weight excluding hydrogens is 257 g/mol. The van der Waals surface area contributed by atoms with E-state index in [0.717, 1.165) is 22.3 Å². The predicted molar refractivity (Wildman–Crippen MR) is 78.8 cm³/mol. The zero-order chi connectivity index (χ0) is 13.5. The second-order valence-electron chi connectivity index (χ2n) is 4.76. The van der Waals surface area contributed by atoms with Crippen LogP contribution in [0.3, 0.4) is 0 Å². The molecule has 1 heterocycles. The molecule has 1 unspecified atom stereocenters. The summed E-state index contributed by atoms with van der Waals surface area (Å²) in [7, 11) is -0.852. The maximum atomic E-state index is 13.0. The Morgan fingerprint density at radius 2 is 1.79 bits per heavy atom. The number of hydrogen-bond acceptors (Lipinski definition) is 2. The van der Waals surface area contributed by atoms with Gasteiger partial charge < -0.3 is 9.41 Å². The summed E-state index contributed by atoms with van der Waals surface area (Å²) in [4.78, 5) is 0. The van der Waals surface area contributed by atoms with Gasteiger partial charge in [-0.15, -0.1) is 0 Å². The third kappa shape index (κ3) is 1.95. The standard InChI is InChI=1S/C15H16NO2P/c1-18-14-9-7-13(8-10-14)16-11-12-5-3-4-6-15(12)19(16,2)17/h3-10H,11H2,1-2H3. The minimum absolute atomic E-state index is 0.705. The number of methoxy groups -OCH3 is 1. The van der Waals surface area contributed by atoms with E-state index in [9.17, 15) is 4.57 Å². The van der Waals surface area contributed by atoms with Gasteiger partial charge in [0.1, 0.15) is 5.75 Å². The van der Waals surface area contributed by atoms with Crippen LogP contribution in [0, 0.1) is 0 Å². The zero-order valence-electron chi connectivity index (χ0n) is 11.0. The van der Waals surface area contributed by atoms with Crippen LogP contribution in [0.1, 0.15) is 5.56 Å². The highest BCUT2D eigenvalue weighted by molar-refractivity contribution is 7.72. The van der Waals surface area contributed by atoms with Crippen LogP contribution in [0.5, 0.6) is 5.75 Å². The maximum Gasteiger partial charge on any atom is 0.198 e. The van der Waals surface area contributed by atoms with Crippen LogP contribution in [0.25, 0.3) is 0 Å². The van der Waals surface area contributed by atoms with Crippen molar-refractivity contribution >= 4 is 18.3 Å². The lowest BCUT2D eigenvalue weighted by molar-refractivity contribution is 0.415. The molecule has 4 heteroatoms. The summed E-state index contributed by atoms with van der Waals surface area (Å²) in [6, 6.07) is 15.7. The number of ether oxygens (including phenoxy) is 1. The number of hydrogen-bond donors (Lipinski definition) is 0. The van der Waals surface area contributed by atoms with E-state index in [-0.39, 0.29) is 0 Å². The van der Waals surface area contributed by atoms with Crippen LogP contribution in [0.2, 0.25) is 0 Å². The molecule has 0 fully saturated rings. The highest BCUT2D eigenvalue weighted by Gasteiger charge is 2.36. The molecule has 1 aliphatic rings. The molecule has 0 saturated heterocycles. The Morgan fingerprint density at radius 3 is 2.42 bits per heavy atom. The molecule has 0 N–H and O–H groups in total. The van der Waals surface area contributed by atoms with Gasteiger partial charge in [0.25, 0.3) is 0 Å². The van der Waals surface area contributed by atoms with E-state index in [2.05, 4.69) is 6.07 Å². The lowest BCUT2D eigenvalue weighted by Gasteiger charge is -2.24. The molecule has 1 aliphatic heterocycles. The smallest absolute Gasteiger partial charge is 0.198 e. The van der Waals surface area contributed by atoms with Gasteiger partial charge >= 0.3 is 0 Å². The Labute approximate surface area is 113 Å². The van der Waals surface area contributed by atoms with E-state index in [0.29, 0.717) is 6.54 Å². The lowest BCUT2D eigenvalue weighted by atomic mass is 10.2. The largest absolute Gasteiger partial charge is 0.497 e. The summed E-state index contributed by atoms with van der Waals surface area (Å²) in [6.07, 6.45) is 0. The van der Waals surface area contributed by atoms with Crippen molar-refractivity contribution in [2.24, 2.45) is 0 Å². The van der Waals surface area contributed by atoms with E-state index in [1.54, 1.807) is 7.11 Å². The van der Waals surface area contributed by atoms with Crippen LogP contribution >= 0.6 is 7.29 Å². The molecule has 0 bridgehead atoms. The van der Waals surface area contributed by atoms with Gasteiger partial charge in [0, 0.05) is 17.7 Å². The Bertz CT molecular complexity index is 651. The van der Waals surface area contributed by atoms with Gasteiger partial charge in [-0.05, 0) is 35.9 Å². The Hall–Kier alpha value is -1.73. The van der Waals surface area contributed by atoms with Gasteiger partial charge in [0.2, 0.25) is 0 Å². The van der Waals surface area contributed by atoms with Crippen molar-refractivity contribution in [2.75, 3.05) is 18.4 Å². The number of rotatable bonds is 2. The molecule has 98 valence electrons. The van der Waals surface area contributed by atoms with E-state index < -0.39 is 7.29 Å². The Kier molecular flexibility index (Phi) is 2.87. The van der Waals surface area contributed by atoms with Crippen molar-refractivity contribution in [1.29, 1.82) is 0 Å². The van der Waals surface area contributed by atoms with Crippen LogP contribution in [0.4, 0.5) is 5.69 Å². The molecule has 19 heavy (non-hydrogen) atoms. The monoisotopic (exact) mass is 273 g/mol. The van der Waals surface area contributed by atoms with Crippen molar-refractivity contribution < 1.29 is 9.30 Å². The third-order valence-corrected chi connectivity index (χ3v) is 6.21. The SMILES string of the molecule is COc1ccc(N2Cc3ccccc3P2(C)=O)cc1. The molecule has 0 spiro atoms. The van der Waals surface area contributed by atoms with Crippen molar-refractivity contribution in [3.63, 3.8) is 0 Å². The quantitative estimate of drug-likeness (QED) is 0.787. The first-order valence-corrected chi connectivity index (χ1v) is 8.31. The molecule has 3 nitrogen and oxygen atoms in total. The molecule has 1 atom stereocenters. The van der Waals surface area contributed by atoms with Crippen molar-refractivity contribution in [2.45, 2.75) is 6.54 Å². The van der Waals surface area contributed by atoms with Gasteiger partial charge in [0.15, 0.2) is 7.29 Å². The first kappa shape index (κ1) is 12.3. The molecule has 0 aromatic heterocycles. The summed E-state index contributed by atoms with van der Waals surface area (Å²) in [6.45, 7) is 2.54. The molecule has 0 radical (unpaired) electrons. The molecule has 2 aromatic carbocycles. The van der Waals surface area contributed by atoms with E-state index >= 15 is 0 Å². The van der Waals surface area contributed by atoms with Gasteiger partial charge in [-0.2, -0.15) is 0 Å². The Morgan fingerprint density at radius 1 is 1.11 bits per heavy atom. The fraction of sp³-hybridized carbons (Fsp3) is 0.200. The van der Waals surface area contributed by atoms with E-state index in [1.165, 1.54) is 0 Å². The number of anilines is 1. The summed E-state index contributed by atoms with van der Waals surface area (Å²) in [5.74, 6) is 0.811. The van der Waals surface area contributed by atoms with E-state index in [1.807, 2.05) is 53.8 Å². The van der Waals surface area contributed by atoms with E-state index in [4.69, 9.17) is 4.74 Å². The summed E-state index contributed by atoms with van der Waals surface area (Å²) < 4.78 is 20.2. The van der Waals surface area contributed by atoms with Crippen LogP contribution in [-0.2, 0) is 11.1 Å². The highest BCUT2D eigenvalue weighted by atomic mass is 31.2.